The minimum Gasteiger partial charge on any atom is -0.481 e. The molecule has 48 heavy (non-hydrogen) atoms. The summed E-state index contributed by atoms with van der Waals surface area (Å²) in [4.78, 5) is 74.0. The molecule has 0 bridgehead atoms. The van der Waals surface area contributed by atoms with Crippen LogP contribution in [0.15, 0.2) is 30.3 Å². The Bertz CT molecular complexity index is 1270. The van der Waals surface area contributed by atoms with Crippen LogP contribution in [0.4, 0.5) is 14.4 Å². The van der Waals surface area contributed by atoms with Crippen LogP contribution in [-0.2, 0) is 44.7 Å². The molecular formula is C33H49N3O12. The van der Waals surface area contributed by atoms with Crippen LogP contribution in [0.3, 0.4) is 0 Å². The summed E-state index contributed by atoms with van der Waals surface area (Å²) in [7, 11) is 2.54. The van der Waals surface area contributed by atoms with Gasteiger partial charge in [0.25, 0.3) is 0 Å². The van der Waals surface area contributed by atoms with Gasteiger partial charge in [0.2, 0.25) is 0 Å². The molecule has 0 spiro atoms. The Labute approximate surface area is 281 Å². The number of carbonyl (C=O) groups excluding carboxylic acids is 5. The molecule has 0 aromatic heterocycles. The fourth-order valence-electron chi connectivity index (χ4n) is 5.04. The van der Waals surface area contributed by atoms with E-state index in [1.54, 1.807) is 41.5 Å². The van der Waals surface area contributed by atoms with Gasteiger partial charge >= 0.3 is 36.2 Å². The van der Waals surface area contributed by atoms with Crippen molar-refractivity contribution in [1.82, 2.24) is 15.1 Å². The molecule has 2 N–H and O–H groups in total. The molecule has 2 heterocycles. The Morgan fingerprint density at radius 2 is 1.19 bits per heavy atom. The van der Waals surface area contributed by atoms with E-state index in [9.17, 15) is 28.8 Å². The number of carboxylic acids is 1. The first-order chi connectivity index (χ1) is 22.3. The summed E-state index contributed by atoms with van der Waals surface area (Å²) in [5, 5.41) is 11.8. The average molecular weight is 680 g/mol. The number of nitrogens with zero attached hydrogens (tertiary/aromatic N) is 2. The van der Waals surface area contributed by atoms with Gasteiger partial charge in [-0.2, -0.15) is 0 Å². The topological polar surface area (TPSA) is 187 Å². The first-order valence-electron chi connectivity index (χ1n) is 15.6. The highest BCUT2D eigenvalue weighted by Gasteiger charge is 2.39. The largest absolute Gasteiger partial charge is 0.481 e. The Balaban J connectivity index is 0.000000353. The van der Waals surface area contributed by atoms with Gasteiger partial charge in [0.1, 0.15) is 17.8 Å². The van der Waals surface area contributed by atoms with Crippen LogP contribution < -0.4 is 5.32 Å². The zero-order valence-corrected chi connectivity index (χ0v) is 29.0. The summed E-state index contributed by atoms with van der Waals surface area (Å²) < 4.78 is 25.3. The van der Waals surface area contributed by atoms with Gasteiger partial charge in [0.15, 0.2) is 0 Å². The van der Waals surface area contributed by atoms with Crippen LogP contribution in [0.25, 0.3) is 0 Å². The highest BCUT2D eigenvalue weighted by atomic mass is 16.6. The van der Waals surface area contributed by atoms with Crippen LogP contribution >= 0.6 is 0 Å². The summed E-state index contributed by atoms with van der Waals surface area (Å²) in [6.07, 6.45) is -1.24. The first kappa shape index (κ1) is 39.6. The third kappa shape index (κ3) is 13.7. The molecule has 1 aromatic carbocycles. The summed E-state index contributed by atoms with van der Waals surface area (Å²) in [6.45, 7) is 11.2. The van der Waals surface area contributed by atoms with E-state index >= 15 is 0 Å². The van der Waals surface area contributed by atoms with Crippen molar-refractivity contribution in [3.8, 4) is 0 Å². The number of nitrogens with one attached hydrogen (secondary N) is 1. The van der Waals surface area contributed by atoms with E-state index in [0.717, 1.165) is 5.56 Å². The Kier molecular flexibility index (Phi) is 14.5. The number of amides is 3. The molecule has 15 nitrogen and oxygen atoms in total. The number of esters is 2. The van der Waals surface area contributed by atoms with Gasteiger partial charge in [-0.3, -0.25) is 14.4 Å². The smallest absolute Gasteiger partial charge is 0.410 e. The molecule has 2 aliphatic heterocycles. The normalized spacial score (nSPS) is 21.0. The molecule has 4 atom stereocenters. The molecule has 0 saturated carbocycles. The maximum absolute atomic E-state index is 12.4. The zero-order valence-electron chi connectivity index (χ0n) is 29.0. The van der Waals surface area contributed by atoms with Gasteiger partial charge in [-0.1, -0.05) is 30.3 Å². The van der Waals surface area contributed by atoms with Gasteiger partial charge in [-0.05, 0) is 59.9 Å². The first-order valence-corrected chi connectivity index (χ1v) is 15.6. The van der Waals surface area contributed by atoms with E-state index in [4.69, 9.17) is 24.1 Å². The minimum atomic E-state index is -1.04. The van der Waals surface area contributed by atoms with Gasteiger partial charge in [0.05, 0.1) is 38.0 Å². The van der Waals surface area contributed by atoms with E-state index in [1.807, 2.05) is 30.3 Å². The number of rotatable bonds is 6. The van der Waals surface area contributed by atoms with Gasteiger partial charge in [-0.15, -0.1) is 0 Å². The second-order valence-electron chi connectivity index (χ2n) is 13.6. The Hall–Kier alpha value is -4.56. The lowest BCUT2D eigenvalue weighted by Crippen LogP contribution is -2.55. The third-order valence-electron chi connectivity index (χ3n) is 7.16. The van der Waals surface area contributed by atoms with Crippen LogP contribution in [-0.4, -0.2) is 109 Å². The number of methoxy groups -OCH3 is 2. The van der Waals surface area contributed by atoms with Gasteiger partial charge in [0, 0.05) is 26.2 Å². The Morgan fingerprint density at radius 3 is 1.65 bits per heavy atom. The highest BCUT2D eigenvalue weighted by molar-refractivity contribution is 5.78. The number of carboxylic acid groups (broad SMARTS) is 1. The quantitative estimate of drug-likeness (QED) is 0.327. The van der Waals surface area contributed by atoms with E-state index in [-0.39, 0.29) is 39.2 Å². The van der Waals surface area contributed by atoms with Gasteiger partial charge in [-0.25, -0.2) is 14.4 Å². The van der Waals surface area contributed by atoms with E-state index in [2.05, 4.69) is 10.1 Å². The number of hydrogen-bond acceptors (Lipinski definition) is 11. The lowest BCUT2D eigenvalue weighted by molar-refractivity contribution is -0.152. The maximum atomic E-state index is 12.4. The molecule has 3 amide bonds. The van der Waals surface area contributed by atoms with Crippen LogP contribution in [0.2, 0.25) is 0 Å². The number of piperidine rings is 2. The van der Waals surface area contributed by atoms with Crippen molar-refractivity contribution in [3.05, 3.63) is 35.9 Å². The fraction of sp³-hybridized carbons (Fsp3) is 0.636. The van der Waals surface area contributed by atoms with Crippen LogP contribution in [0.1, 0.15) is 59.9 Å². The van der Waals surface area contributed by atoms with Gasteiger partial charge < -0.3 is 43.9 Å². The van der Waals surface area contributed by atoms with Crippen molar-refractivity contribution in [2.75, 3.05) is 40.4 Å². The molecule has 3 rings (SSSR count). The summed E-state index contributed by atoms with van der Waals surface area (Å²) in [5.74, 6) is -3.96. The monoisotopic (exact) mass is 679 g/mol. The van der Waals surface area contributed by atoms with Crippen molar-refractivity contribution in [2.24, 2.45) is 17.8 Å². The zero-order chi connectivity index (χ0) is 36.2. The molecule has 2 aliphatic rings. The van der Waals surface area contributed by atoms with Crippen molar-refractivity contribution in [2.45, 2.75) is 78.2 Å². The number of ether oxygens (including phenoxy) is 5. The molecule has 0 aliphatic carbocycles. The predicted octanol–water partition coefficient (Wildman–Crippen LogP) is 3.83. The number of carbonyl (C=O) groups is 6. The summed E-state index contributed by atoms with van der Waals surface area (Å²) in [5.41, 5.74) is -0.468. The second kappa shape index (κ2) is 17.6. The predicted molar refractivity (Wildman–Crippen MR) is 171 cm³/mol. The molecular weight excluding hydrogens is 630 g/mol. The van der Waals surface area contributed by atoms with E-state index in [0.29, 0.717) is 6.42 Å². The van der Waals surface area contributed by atoms with Crippen molar-refractivity contribution in [1.29, 1.82) is 0 Å². The molecule has 0 radical (unpaired) electrons. The highest BCUT2D eigenvalue weighted by Crippen LogP contribution is 2.25. The molecule has 0 unspecified atom stereocenters. The SMILES string of the molecule is COC(=O)[C@@H]1C[C@@H](C(=O)O)CN(C(=O)OC(C)(C)C)C1.COC(=O)[C@@H]1C[C@@H](NC(=O)OCc2ccccc2)CN(C(=O)OC(C)(C)C)C1. The number of alkyl carbamates (subject to hydrolysis) is 1. The number of likely N-dealkylation sites (tertiary alicyclic amines) is 2. The van der Waals surface area contributed by atoms with Crippen molar-refractivity contribution in [3.63, 3.8) is 0 Å². The molecule has 2 saturated heterocycles. The molecule has 15 heteroatoms. The summed E-state index contributed by atoms with van der Waals surface area (Å²) >= 11 is 0. The Morgan fingerprint density at radius 1 is 0.729 bits per heavy atom. The fourth-order valence-corrected chi connectivity index (χ4v) is 5.04. The van der Waals surface area contributed by atoms with Crippen molar-refractivity contribution < 1.29 is 57.6 Å². The summed E-state index contributed by atoms with van der Waals surface area (Å²) in [6, 6.07) is 8.85. The minimum absolute atomic E-state index is 0.0394. The lowest BCUT2D eigenvalue weighted by Gasteiger charge is -2.37. The number of hydrogen-bond donors (Lipinski definition) is 2. The molecule has 2 fully saturated rings. The average Bonchev–Trinajstić information content (AvgIpc) is 3.01. The number of benzene rings is 1. The third-order valence-corrected chi connectivity index (χ3v) is 7.16. The van der Waals surface area contributed by atoms with E-state index < -0.39 is 71.2 Å². The van der Waals surface area contributed by atoms with Crippen molar-refractivity contribution >= 4 is 36.2 Å². The van der Waals surface area contributed by atoms with Crippen LogP contribution in [0, 0.1) is 17.8 Å². The maximum Gasteiger partial charge on any atom is 0.410 e. The second-order valence-corrected chi connectivity index (χ2v) is 13.6. The molecule has 268 valence electrons. The standard InChI is InChI=1S/C20H28N2O6.C13H21NO6/c1-20(2,3)28-19(25)22-11-15(17(23)26-4)10-16(12-22)21-18(24)27-13-14-8-6-5-7-9-14;1-13(2,3)20-12(18)14-6-8(10(15)16)5-9(7-14)11(17)19-4/h5-9,15-16H,10-13H2,1-4H3,(H,21,24);8-9H,5-7H2,1-4H3,(H,15,16)/t15-,16-;8-,9-/m11/s1. The van der Waals surface area contributed by atoms with Crippen LogP contribution in [0.5, 0.6) is 0 Å². The lowest BCUT2D eigenvalue weighted by atomic mass is 9.89. The molecule has 1 aromatic rings. The number of aliphatic carboxylic acids is 1. The van der Waals surface area contributed by atoms with E-state index in [1.165, 1.54) is 24.0 Å².